The molecule has 2 unspecified atom stereocenters. The fourth-order valence-electron chi connectivity index (χ4n) is 1.73. The van der Waals surface area contributed by atoms with Gasteiger partial charge in [-0.2, -0.15) is 0 Å². The average molecular weight is 244 g/mol. The van der Waals surface area contributed by atoms with Crippen LogP contribution in [-0.4, -0.2) is 13.1 Å². The first-order chi connectivity index (χ1) is 7.56. The average Bonchev–Trinajstić information content (AvgIpc) is 2.25. The van der Waals surface area contributed by atoms with Crippen LogP contribution < -0.4 is 5.32 Å². The Morgan fingerprint density at radius 2 is 2.06 bits per heavy atom. The highest BCUT2D eigenvalue weighted by Gasteiger charge is 2.17. The van der Waals surface area contributed by atoms with E-state index in [1.165, 1.54) is 6.07 Å². The van der Waals surface area contributed by atoms with Crippen molar-refractivity contribution >= 4 is 11.6 Å². The van der Waals surface area contributed by atoms with Gasteiger partial charge in [-0.3, -0.25) is 0 Å². The number of hydrogen-bond acceptors (Lipinski definition) is 1. The Hall–Kier alpha value is -0.600. The minimum Gasteiger partial charge on any atom is -0.317 e. The van der Waals surface area contributed by atoms with Crippen LogP contribution in [0.25, 0.3) is 0 Å². The number of benzene rings is 1. The minimum atomic E-state index is -0.205. The Bertz CT molecular complexity index is 341. The second kappa shape index (κ2) is 6.21. The van der Waals surface area contributed by atoms with Crippen LogP contribution in [0.3, 0.4) is 0 Å². The molecule has 0 bridgehead atoms. The van der Waals surface area contributed by atoms with Gasteiger partial charge in [-0.25, -0.2) is 4.39 Å². The van der Waals surface area contributed by atoms with Crippen LogP contribution in [0.4, 0.5) is 4.39 Å². The predicted molar refractivity (Wildman–Crippen MR) is 67.5 cm³/mol. The van der Waals surface area contributed by atoms with Crippen LogP contribution in [0.2, 0.25) is 5.02 Å². The summed E-state index contributed by atoms with van der Waals surface area (Å²) in [6, 6.07) is 4.91. The van der Waals surface area contributed by atoms with Gasteiger partial charge in [0.2, 0.25) is 0 Å². The van der Waals surface area contributed by atoms with Gasteiger partial charge in [0.1, 0.15) is 5.82 Å². The van der Waals surface area contributed by atoms with E-state index >= 15 is 0 Å². The molecule has 0 heterocycles. The Kier molecular flexibility index (Phi) is 5.23. The summed E-state index contributed by atoms with van der Waals surface area (Å²) in [5.41, 5.74) is 0.745. The smallest absolute Gasteiger partial charge is 0.128 e. The molecule has 16 heavy (non-hydrogen) atoms. The van der Waals surface area contributed by atoms with Gasteiger partial charge in [-0.1, -0.05) is 38.4 Å². The number of rotatable bonds is 5. The summed E-state index contributed by atoms with van der Waals surface area (Å²) in [6.07, 6.45) is 0. The number of nitrogens with one attached hydrogen (secondary N) is 1. The fraction of sp³-hybridized carbons (Fsp3) is 0.538. The third-order valence-corrected chi connectivity index (χ3v) is 3.26. The van der Waals surface area contributed by atoms with Crippen LogP contribution in [0.5, 0.6) is 0 Å². The van der Waals surface area contributed by atoms with Crippen molar-refractivity contribution in [2.75, 3.05) is 13.1 Å². The van der Waals surface area contributed by atoms with Crippen LogP contribution in [0, 0.1) is 11.7 Å². The van der Waals surface area contributed by atoms with Gasteiger partial charge in [0.05, 0.1) is 0 Å². The molecular formula is C13H19ClFN. The highest BCUT2D eigenvalue weighted by atomic mass is 35.5. The third-order valence-electron chi connectivity index (χ3n) is 3.02. The zero-order chi connectivity index (χ0) is 12.1. The van der Waals surface area contributed by atoms with Crippen molar-refractivity contribution in [3.63, 3.8) is 0 Å². The minimum absolute atomic E-state index is 0.191. The molecule has 1 N–H and O–H groups in total. The van der Waals surface area contributed by atoms with Crippen molar-refractivity contribution < 1.29 is 4.39 Å². The van der Waals surface area contributed by atoms with Gasteiger partial charge in [-0.05, 0) is 42.6 Å². The molecule has 0 amide bonds. The molecule has 0 radical (unpaired) electrons. The molecule has 1 aromatic rings. The first-order valence-electron chi connectivity index (χ1n) is 5.72. The molecule has 0 aliphatic carbocycles. The molecule has 0 saturated heterocycles. The maximum Gasteiger partial charge on any atom is 0.128 e. The summed E-state index contributed by atoms with van der Waals surface area (Å²) >= 11 is 5.73. The van der Waals surface area contributed by atoms with Crippen molar-refractivity contribution in [1.82, 2.24) is 5.32 Å². The van der Waals surface area contributed by atoms with Crippen LogP contribution >= 0.6 is 11.6 Å². The molecule has 90 valence electrons. The molecule has 0 aliphatic rings. The molecule has 3 heteroatoms. The van der Waals surface area contributed by atoms with Gasteiger partial charge < -0.3 is 5.32 Å². The quantitative estimate of drug-likeness (QED) is 0.829. The highest BCUT2D eigenvalue weighted by Crippen LogP contribution is 2.27. The van der Waals surface area contributed by atoms with E-state index in [4.69, 9.17) is 11.6 Å². The molecule has 0 saturated carbocycles. The van der Waals surface area contributed by atoms with Gasteiger partial charge in [0.25, 0.3) is 0 Å². The Morgan fingerprint density at radius 3 is 2.62 bits per heavy atom. The summed E-state index contributed by atoms with van der Waals surface area (Å²) in [5, 5.41) is 3.73. The summed E-state index contributed by atoms with van der Waals surface area (Å²) < 4.78 is 13.7. The lowest BCUT2D eigenvalue weighted by Gasteiger charge is -2.21. The standard InChI is InChI=1S/C13H19ClFN/c1-4-16-8-9(2)10(3)12-6-5-11(14)7-13(12)15/h5-7,9-10,16H,4,8H2,1-3H3. The third kappa shape index (κ3) is 3.46. The zero-order valence-electron chi connectivity index (χ0n) is 10.1. The topological polar surface area (TPSA) is 12.0 Å². The van der Waals surface area contributed by atoms with E-state index in [1.54, 1.807) is 12.1 Å². The van der Waals surface area contributed by atoms with Crippen molar-refractivity contribution in [2.24, 2.45) is 5.92 Å². The van der Waals surface area contributed by atoms with E-state index < -0.39 is 0 Å². The monoisotopic (exact) mass is 243 g/mol. The number of hydrogen-bond donors (Lipinski definition) is 1. The largest absolute Gasteiger partial charge is 0.317 e. The normalized spacial score (nSPS) is 14.8. The first kappa shape index (κ1) is 13.5. The predicted octanol–water partition coefficient (Wildman–Crippen LogP) is 3.83. The van der Waals surface area contributed by atoms with Gasteiger partial charge >= 0.3 is 0 Å². The second-order valence-corrected chi connectivity index (χ2v) is 4.68. The summed E-state index contributed by atoms with van der Waals surface area (Å²) in [5.74, 6) is 0.385. The molecule has 1 aromatic carbocycles. The fourth-order valence-corrected chi connectivity index (χ4v) is 1.88. The van der Waals surface area contributed by atoms with E-state index in [9.17, 15) is 4.39 Å². The summed E-state index contributed by atoms with van der Waals surface area (Å²) in [7, 11) is 0. The molecule has 0 aromatic heterocycles. The molecule has 0 fully saturated rings. The SMILES string of the molecule is CCNCC(C)C(C)c1ccc(Cl)cc1F. The van der Waals surface area contributed by atoms with Crippen LogP contribution in [0.15, 0.2) is 18.2 Å². The van der Waals surface area contributed by atoms with E-state index in [0.29, 0.717) is 10.9 Å². The van der Waals surface area contributed by atoms with E-state index in [2.05, 4.69) is 19.2 Å². The molecular weight excluding hydrogens is 225 g/mol. The lowest BCUT2D eigenvalue weighted by atomic mass is 9.88. The van der Waals surface area contributed by atoms with Crippen molar-refractivity contribution in [2.45, 2.75) is 26.7 Å². The highest BCUT2D eigenvalue weighted by molar-refractivity contribution is 6.30. The van der Waals surface area contributed by atoms with Crippen LogP contribution in [0.1, 0.15) is 32.3 Å². The van der Waals surface area contributed by atoms with E-state index in [-0.39, 0.29) is 11.7 Å². The first-order valence-corrected chi connectivity index (χ1v) is 6.09. The molecule has 0 aliphatic heterocycles. The second-order valence-electron chi connectivity index (χ2n) is 4.24. The zero-order valence-corrected chi connectivity index (χ0v) is 10.8. The Labute approximate surface area is 102 Å². The Morgan fingerprint density at radius 1 is 1.38 bits per heavy atom. The van der Waals surface area contributed by atoms with Gasteiger partial charge in [-0.15, -0.1) is 0 Å². The van der Waals surface area contributed by atoms with Crippen molar-refractivity contribution in [3.8, 4) is 0 Å². The molecule has 1 nitrogen and oxygen atoms in total. The number of halogens is 2. The maximum absolute atomic E-state index is 13.7. The lowest BCUT2D eigenvalue weighted by Crippen LogP contribution is -2.24. The molecule has 1 rings (SSSR count). The lowest BCUT2D eigenvalue weighted by molar-refractivity contribution is 0.439. The molecule has 0 spiro atoms. The van der Waals surface area contributed by atoms with Crippen molar-refractivity contribution in [1.29, 1.82) is 0 Å². The van der Waals surface area contributed by atoms with E-state index in [0.717, 1.165) is 18.7 Å². The van der Waals surface area contributed by atoms with Gasteiger partial charge in [0.15, 0.2) is 0 Å². The van der Waals surface area contributed by atoms with Crippen molar-refractivity contribution in [3.05, 3.63) is 34.6 Å². The Balaban J connectivity index is 2.75. The molecule has 2 atom stereocenters. The summed E-state index contributed by atoms with van der Waals surface area (Å²) in [6.45, 7) is 8.09. The van der Waals surface area contributed by atoms with Crippen LogP contribution in [-0.2, 0) is 0 Å². The maximum atomic E-state index is 13.7. The van der Waals surface area contributed by atoms with Gasteiger partial charge in [0, 0.05) is 5.02 Å². The van der Waals surface area contributed by atoms with E-state index in [1.807, 2.05) is 6.92 Å². The summed E-state index contributed by atoms with van der Waals surface area (Å²) in [4.78, 5) is 0.